The van der Waals surface area contributed by atoms with Crippen molar-refractivity contribution in [2.24, 2.45) is 10.9 Å². The molecular formula is C24H23N3O3S. The number of nitrogens with zero attached hydrogens (tertiary/aromatic N) is 1. The second-order valence-corrected chi connectivity index (χ2v) is 7.56. The van der Waals surface area contributed by atoms with Crippen LogP contribution in [0.4, 0.5) is 4.79 Å². The molecule has 0 saturated carbocycles. The minimum absolute atomic E-state index is 0.108. The molecule has 0 spiro atoms. The largest absolute Gasteiger partial charge is 0.453 e. The standard InChI is InChI=1S/C24H23N3O3S/c1-30-24(29)27-23(31-2)26-20-14-13-18(22(28)17-11-7-4-8-12-17)19(21(20)25)15-16-9-5-3-6-10-16/h3-14,19,25H,15H2,1-2H3,(H,26,27,29). The van der Waals surface area contributed by atoms with Gasteiger partial charge < -0.3 is 10.1 Å². The van der Waals surface area contributed by atoms with Crippen molar-refractivity contribution in [2.45, 2.75) is 6.42 Å². The summed E-state index contributed by atoms with van der Waals surface area (Å²) in [4.78, 5) is 29.2. The van der Waals surface area contributed by atoms with Crippen LogP contribution in [0.2, 0.25) is 0 Å². The summed E-state index contributed by atoms with van der Waals surface area (Å²) in [5.74, 6) is -0.566. The maximum atomic E-state index is 13.2. The third kappa shape index (κ3) is 5.58. The molecule has 158 valence electrons. The van der Waals surface area contributed by atoms with Gasteiger partial charge in [-0.3, -0.25) is 10.1 Å². The summed E-state index contributed by atoms with van der Waals surface area (Å²) in [6.07, 6.45) is 5.01. The molecule has 0 fully saturated rings. The van der Waals surface area contributed by atoms with Gasteiger partial charge >= 0.3 is 6.09 Å². The highest BCUT2D eigenvalue weighted by atomic mass is 32.2. The fourth-order valence-corrected chi connectivity index (χ4v) is 3.61. The normalized spacial score (nSPS) is 16.3. The Morgan fingerprint density at radius 2 is 1.71 bits per heavy atom. The van der Waals surface area contributed by atoms with E-state index in [1.54, 1.807) is 30.5 Å². The number of thioether (sulfide) groups is 1. The summed E-state index contributed by atoms with van der Waals surface area (Å²) < 4.78 is 4.62. The molecule has 0 aromatic heterocycles. The molecule has 0 saturated heterocycles. The van der Waals surface area contributed by atoms with Crippen LogP contribution in [0.1, 0.15) is 15.9 Å². The Morgan fingerprint density at radius 3 is 2.32 bits per heavy atom. The molecule has 0 heterocycles. The molecule has 6 nitrogen and oxygen atoms in total. The van der Waals surface area contributed by atoms with E-state index in [4.69, 9.17) is 5.41 Å². The summed E-state index contributed by atoms with van der Waals surface area (Å²) in [7, 11) is 1.27. The van der Waals surface area contributed by atoms with Crippen LogP contribution >= 0.6 is 11.8 Å². The van der Waals surface area contributed by atoms with Crippen LogP contribution in [0.5, 0.6) is 0 Å². The van der Waals surface area contributed by atoms with Crippen molar-refractivity contribution in [1.29, 1.82) is 5.41 Å². The highest BCUT2D eigenvalue weighted by molar-refractivity contribution is 8.13. The summed E-state index contributed by atoms with van der Waals surface area (Å²) >= 11 is 1.23. The molecule has 1 unspecified atom stereocenters. The van der Waals surface area contributed by atoms with E-state index in [9.17, 15) is 9.59 Å². The van der Waals surface area contributed by atoms with Crippen molar-refractivity contribution in [3.05, 3.63) is 95.2 Å². The van der Waals surface area contributed by atoms with Gasteiger partial charge in [-0.15, -0.1) is 0 Å². The van der Waals surface area contributed by atoms with Gasteiger partial charge in [-0.1, -0.05) is 78.5 Å². The number of amidine groups is 1. The van der Waals surface area contributed by atoms with Crippen molar-refractivity contribution >= 4 is 34.5 Å². The van der Waals surface area contributed by atoms with Gasteiger partial charge in [-0.05, 0) is 24.3 Å². The zero-order valence-electron chi connectivity index (χ0n) is 17.3. The summed E-state index contributed by atoms with van der Waals surface area (Å²) in [6.45, 7) is 0. The third-order valence-corrected chi connectivity index (χ3v) is 5.39. The summed E-state index contributed by atoms with van der Waals surface area (Å²) in [5.41, 5.74) is 2.77. The number of benzene rings is 2. The maximum absolute atomic E-state index is 13.2. The third-order valence-electron chi connectivity index (χ3n) is 4.81. The molecule has 2 N–H and O–H groups in total. The van der Waals surface area contributed by atoms with Crippen molar-refractivity contribution < 1.29 is 14.3 Å². The van der Waals surface area contributed by atoms with Crippen LogP contribution in [-0.4, -0.2) is 36.1 Å². The lowest BCUT2D eigenvalue weighted by Crippen LogP contribution is -2.30. The van der Waals surface area contributed by atoms with Crippen molar-refractivity contribution in [3.63, 3.8) is 0 Å². The van der Waals surface area contributed by atoms with E-state index < -0.39 is 12.0 Å². The molecule has 31 heavy (non-hydrogen) atoms. The number of amides is 1. The van der Waals surface area contributed by atoms with Gasteiger partial charge in [-0.25, -0.2) is 9.79 Å². The first kappa shape index (κ1) is 22.2. The number of methoxy groups -OCH3 is 1. The van der Waals surface area contributed by atoms with Gasteiger partial charge in [0, 0.05) is 17.1 Å². The molecule has 3 rings (SSSR count). The number of ether oxygens (including phenoxy) is 1. The van der Waals surface area contributed by atoms with Crippen molar-refractivity contribution in [3.8, 4) is 0 Å². The Hall–Kier alpha value is -3.45. The zero-order chi connectivity index (χ0) is 22.2. The molecular weight excluding hydrogens is 410 g/mol. The van der Waals surface area contributed by atoms with E-state index in [0.29, 0.717) is 28.4 Å². The van der Waals surface area contributed by atoms with Crippen molar-refractivity contribution in [1.82, 2.24) is 5.32 Å². The van der Waals surface area contributed by atoms with Crippen LogP contribution in [0.25, 0.3) is 0 Å². The second kappa shape index (κ2) is 10.5. The number of hydrogen-bond acceptors (Lipinski definition) is 6. The maximum Gasteiger partial charge on any atom is 0.412 e. The SMILES string of the molecule is COC(=O)NC(=NC1=CC=C(C(=O)c2ccccc2)C(Cc2ccccc2)C1=N)SC. The number of carbonyl (C=O) groups excluding carboxylic acids is 2. The highest BCUT2D eigenvalue weighted by Gasteiger charge is 2.30. The van der Waals surface area contributed by atoms with E-state index in [2.05, 4.69) is 15.0 Å². The number of hydrogen-bond donors (Lipinski definition) is 2. The quantitative estimate of drug-likeness (QED) is 0.408. The van der Waals surface area contributed by atoms with E-state index >= 15 is 0 Å². The summed E-state index contributed by atoms with van der Waals surface area (Å²) in [5, 5.41) is 11.7. The first-order chi connectivity index (χ1) is 15.0. The van der Waals surface area contributed by atoms with Gasteiger partial charge in [0.1, 0.15) is 0 Å². The number of nitrogens with one attached hydrogen (secondary N) is 2. The van der Waals surface area contributed by atoms with E-state index in [-0.39, 0.29) is 11.5 Å². The molecule has 0 bridgehead atoms. The monoisotopic (exact) mass is 433 g/mol. The lowest BCUT2D eigenvalue weighted by atomic mass is 9.80. The Bertz CT molecular complexity index is 1060. The second-order valence-electron chi connectivity index (χ2n) is 6.76. The Morgan fingerprint density at radius 1 is 1.06 bits per heavy atom. The topological polar surface area (TPSA) is 91.6 Å². The van der Waals surface area contributed by atoms with Gasteiger partial charge in [0.05, 0.1) is 18.5 Å². The average molecular weight is 434 g/mol. The van der Waals surface area contributed by atoms with Gasteiger partial charge in [-0.2, -0.15) is 0 Å². The van der Waals surface area contributed by atoms with Gasteiger partial charge in [0.15, 0.2) is 11.0 Å². The minimum atomic E-state index is -0.632. The molecule has 2 aromatic rings. The minimum Gasteiger partial charge on any atom is -0.453 e. The lowest BCUT2D eigenvalue weighted by molar-refractivity contribution is 0.102. The van der Waals surface area contributed by atoms with E-state index in [0.717, 1.165) is 5.56 Å². The Labute approximate surface area is 185 Å². The number of allylic oxidation sites excluding steroid dienone is 4. The van der Waals surface area contributed by atoms with E-state index in [1.165, 1.54) is 18.9 Å². The number of rotatable bonds is 5. The molecule has 2 aromatic carbocycles. The Kier molecular flexibility index (Phi) is 7.56. The van der Waals surface area contributed by atoms with Crippen LogP contribution in [0.15, 0.2) is 89.1 Å². The Balaban J connectivity index is 1.98. The van der Waals surface area contributed by atoms with Crippen LogP contribution in [0.3, 0.4) is 0 Å². The predicted molar refractivity (Wildman–Crippen MR) is 125 cm³/mol. The molecule has 1 aliphatic rings. The predicted octanol–water partition coefficient (Wildman–Crippen LogP) is 4.65. The van der Waals surface area contributed by atoms with Gasteiger partial charge in [0.2, 0.25) is 0 Å². The molecule has 1 amide bonds. The fourth-order valence-electron chi connectivity index (χ4n) is 3.23. The molecule has 0 aliphatic heterocycles. The van der Waals surface area contributed by atoms with Crippen LogP contribution < -0.4 is 5.32 Å². The number of carbonyl (C=O) groups is 2. The first-order valence-electron chi connectivity index (χ1n) is 9.65. The van der Waals surface area contributed by atoms with Crippen LogP contribution in [-0.2, 0) is 11.2 Å². The molecule has 0 radical (unpaired) electrons. The smallest absolute Gasteiger partial charge is 0.412 e. The highest BCUT2D eigenvalue weighted by Crippen LogP contribution is 2.29. The first-order valence-corrected chi connectivity index (χ1v) is 10.9. The number of alkyl carbamates (subject to hydrolysis) is 1. The average Bonchev–Trinajstić information content (AvgIpc) is 2.81. The van der Waals surface area contributed by atoms with Crippen LogP contribution in [0, 0.1) is 11.3 Å². The molecule has 1 aliphatic carbocycles. The lowest BCUT2D eigenvalue weighted by Gasteiger charge is -2.24. The molecule has 1 atom stereocenters. The van der Waals surface area contributed by atoms with Crippen molar-refractivity contribution in [2.75, 3.05) is 13.4 Å². The fraction of sp³-hybridized carbons (Fsp3) is 0.167. The molecule has 7 heteroatoms. The number of ketones is 1. The zero-order valence-corrected chi connectivity index (χ0v) is 18.1. The summed E-state index contributed by atoms with van der Waals surface area (Å²) in [6, 6.07) is 18.8. The van der Waals surface area contributed by atoms with Gasteiger partial charge in [0.25, 0.3) is 0 Å². The number of aliphatic imine (C=N–C) groups is 1. The number of Topliss-reactive ketones (excluding diaryl/α,β-unsaturated/α-hetero) is 1. The van der Waals surface area contributed by atoms with E-state index in [1.807, 2.05) is 48.5 Å².